The first-order chi connectivity index (χ1) is 15.9. The van der Waals surface area contributed by atoms with E-state index in [1.54, 1.807) is 16.9 Å². The zero-order valence-electron chi connectivity index (χ0n) is 18.3. The van der Waals surface area contributed by atoms with Crippen molar-refractivity contribution in [3.8, 4) is 0 Å². The van der Waals surface area contributed by atoms with E-state index < -0.39 is 6.43 Å². The molecule has 0 radical (unpaired) electrons. The number of pyridine rings is 1. The van der Waals surface area contributed by atoms with E-state index in [4.69, 9.17) is 0 Å². The number of aryl methyl sites for hydroxylation is 1. The van der Waals surface area contributed by atoms with Crippen molar-refractivity contribution in [2.45, 2.75) is 45.3 Å². The maximum Gasteiger partial charge on any atom is 0.280 e. The molecule has 2 aliphatic rings. The second kappa shape index (κ2) is 8.38. The molecule has 2 N–H and O–H groups in total. The first-order valence-electron chi connectivity index (χ1n) is 10.8. The molecule has 33 heavy (non-hydrogen) atoms. The van der Waals surface area contributed by atoms with Gasteiger partial charge >= 0.3 is 0 Å². The van der Waals surface area contributed by atoms with Gasteiger partial charge in [-0.25, -0.2) is 13.8 Å². The Kier molecular flexibility index (Phi) is 5.39. The third kappa shape index (κ3) is 4.35. The summed E-state index contributed by atoms with van der Waals surface area (Å²) in [7, 11) is 1.91. The van der Waals surface area contributed by atoms with Crippen LogP contribution in [-0.4, -0.2) is 43.7 Å². The highest BCUT2D eigenvalue weighted by Crippen LogP contribution is 2.41. The van der Waals surface area contributed by atoms with E-state index in [-0.39, 0.29) is 17.6 Å². The fourth-order valence-electron chi connectivity index (χ4n) is 4.10. The number of nitrogens with zero attached hydrogens (tertiary/aromatic N) is 6. The van der Waals surface area contributed by atoms with Crippen LogP contribution in [0.5, 0.6) is 0 Å². The smallest absolute Gasteiger partial charge is 0.280 e. The highest BCUT2D eigenvalue weighted by molar-refractivity contribution is 6.03. The van der Waals surface area contributed by atoms with Crippen molar-refractivity contribution in [1.82, 2.24) is 24.7 Å². The summed E-state index contributed by atoms with van der Waals surface area (Å²) in [4.78, 5) is 27.4. The molecule has 0 bridgehead atoms. The number of carbonyl (C=O) groups is 1. The summed E-state index contributed by atoms with van der Waals surface area (Å²) in [5.74, 6) is 1.58. The normalized spacial score (nSPS) is 17.8. The third-order valence-electron chi connectivity index (χ3n) is 5.96. The topological polar surface area (TPSA) is 101 Å². The Morgan fingerprint density at radius 1 is 1.21 bits per heavy atom. The minimum Gasteiger partial charge on any atom is -0.350 e. The van der Waals surface area contributed by atoms with Gasteiger partial charge in [-0.2, -0.15) is 10.1 Å². The average molecular weight is 454 g/mol. The molecule has 4 heterocycles. The molecule has 0 spiro atoms. The summed E-state index contributed by atoms with van der Waals surface area (Å²) < 4.78 is 27.0. The van der Waals surface area contributed by atoms with Gasteiger partial charge in [0.05, 0.1) is 18.4 Å². The van der Waals surface area contributed by atoms with Crippen molar-refractivity contribution in [1.29, 1.82) is 0 Å². The maximum atomic E-state index is 12.6. The molecule has 0 aromatic carbocycles. The molecular formula is C22H24F2N8O. The molecular weight excluding hydrogens is 430 g/mol. The molecule has 0 unspecified atom stereocenters. The summed E-state index contributed by atoms with van der Waals surface area (Å²) >= 11 is 0. The number of hydrogen-bond acceptors (Lipinski definition) is 7. The average Bonchev–Trinajstić information content (AvgIpc) is 3.52. The molecule has 172 valence electrons. The largest absolute Gasteiger partial charge is 0.350 e. The number of nitrogens with one attached hydrogen (secondary N) is 2. The fourth-order valence-corrected chi connectivity index (χ4v) is 4.10. The molecule has 1 aliphatic heterocycles. The van der Waals surface area contributed by atoms with Crippen molar-refractivity contribution in [2.24, 2.45) is 5.92 Å². The maximum absolute atomic E-state index is 12.6. The zero-order valence-corrected chi connectivity index (χ0v) is 18.3. The van der Waals surface area contributed by atoms with Crippen molar-refractivity contribution < 1.29 is 13.6 Å². The highest BCUT2D eigenvalue weighted by atomic mass is 19.3. The van der Waals surface area contributed by atoms with Gasteiger partial charge in [-0.1, -0.05) is 6.07 Å². The van der Waals surface area contributed by atoms with Crippen molar-refractivity contribution in [2.75, 3.05) is 22.6 Å². The Labute approximate surface area is 189 Å². The van der Waals surface area contributed by atoms with E-state index in [1.165, 1.54) is 12.3 Å². The lowest BCUT2D eigenvalue weighted by atomic mass is 10.1. The summed E-state index contributed by atoms with van der Waals surface area (Å²) in [5.41, 5.74) is 2.82. The van der Waals surface area contributed by atoms with Gasteiger partial charge in [0.2, 0.25) is 11.9 Å². The SMILES string of the molecule is Cc1nc(NCc2cnn(Cc3ccc(C(F)F)nc3)c2)nc2c1NC(=O)[C@H](C1CC1)N2C. The van der Waals surface area contributed by atoms with E-state index in [9.17, 15) is 13.6 Å². The van der Waals surface area contributed by atoms with Crippen LogP contribution >= 0.6 is 0 Å². The van der Waals surface area contributed by atoms with E-state index >= 15 is 0 Å². The van der Waals surface area contributed by atoms with Gasteiger partial charge in [-0.05, 0) is 37.3 Å². The molecule has 11 heteroatoms. The number of halogens is 2. The van der Waals surface area contributed by atoms with Crippen molar-refractivity contribution >= 4 is 23.4 Å². The lowest BCUT2D eigenvalue weighted by Gasteiger charge is -2.35. The van der Waals surface area contributed by atoms with E-state index in [1.807, 2.05) is 25.1 Å². The first kappa shape index (κ1) is 21.2. The number of likely N-dealkylation sites (N-methyl/N-ethyl adjacent to an activating group) is 1. The molecule has 9 nitrogen and oxygen atoms in total. The number of hydrogen-bond donors (Lipinski definition) is 2. The summed E-state index contributed by atoms with van der Waals surface area (Å²) in [6.45, 7) is 2.74. The molecule has 5 rings (SSSR count). The number of rotatable bonds is 7. The second-order valence-electron chi connectivity index (χ2n) is 8.51. The number of carbonyl (C=O) groups excluding carboxylic acids is 1. The van der Waals surface area contributed by atoms with Crippen molar-refractivity contribution in [3.05, 3.63) is 53.2 Å². The van der Waals surface area contributed by atoms with Crippen LogP contribution in [0.3, 0.4) is 0 Å². The Bertz CT molecular complexity index is 1180. The highest BCUT2D eigenvalue weighted by Gasteiger charge is 2.43. The zero-order chi connectivity index (χ0) is 23.1. The van der Waals surface area contributed by atoms with Gasteiger partial charge in [0, 0.05) is 31.5 Å². The Hall–Kier alpha value is -3.63. The van der Waals surface area contributed by atoms with Gasteiger partial charge in [0.15, 0.2) is 5.82 Å². The van der Waals surface area contributed by atoms with Crippen LogP contribution in [0.2, 0.25) is 0 Å². The molecule has 1 saturated carbocycles. The third-order valence-corrected chi connectivity index (χ3v) is 5.96. The number of amides is 1. The van der Waals surface area contributed by atoms with Crippen LogP contribution in [0.25, 0.3) is 0 Å². The van der Waals surface area contributed by atoms with Crippen LogP contribution < -0.4 is 15.5 Å². The number of anilines is 3. The van der Waals surface area contributed by atoms with Crippen LogP contribution in [-0.2, 0) is 17.9 Å². The molecule has 3 aromatic heterocycles. The van der Waals surface area contributed by atoms with Gasteiger partial charge in [-0.3, -0.25) is 14.5 Å². The van der Waals surface area contributed by atoms with Gasteiger partial charge < -0.3 is 15.5 Å². The van der Waals surface area contributed by atoms with Gasteiger partial charge in [0.25, 0.3) is 6.43 Å². The quantitative estimate of drug-likeness (QED) is 0.566. The molecule has 1 fully saturated rings. The predicted molar refractivity (Wildman–Crippen MR) is 118 cm³/mol. The van der Waals surface area contributed by atoms with Crippen LogP contribution in [0, 0.1) is 12.8 Å². The van der Waals surface area contributed by atoms with E-state index in [2.05, 4.69) is 30.7 Å². The minimum atomic E-state index is -2.58. The van der Waals surface area contributed by atoms with Gasteiger partial charge in [0.1, 0.15) is 17.4 Å². The molecule has 1 amide bonds. The standard InChI is InChI=1S/C22H24F2N8O/c1-12-17-20(31(2)18(15-4-5-15)21(33)29-17)30-22(28-12)26-8-14-9-27-32(11-14)10-13-3-6-16(19(23)24)25-7-13/h3,6-7,9,11,15,18-19H,4-5,8,10H2,1-2H3,(H,29,33)(H,26,28,30)/t18-/m0/s1. The monoisotopic (exact) mass is 454 g/mol. The Morgan fingerprint density at radius 2 is 2.03 bits per heavy atom. The first-order valence-corrected chi connectivity index (χ1v) is 10.8. The molecule has 0 saturated heterocycles. The number of alkyl halides is 2. The predicted octanol–water partition coefficient (Wildman–Crippen LogP) is 3.14. The fraction of sp³-hybridized carbons (Fsp3) is 0.409. The van der Waals surface area contributed by atoms with E-state index in [0.717, 1.165) is 29.8 Å². The molecule has 3 aromatic rings. The number of fused-ring (bicyclic) bond motifs is 1. The molecule has 1 atom stereocenters. The van der Waals surface area contributed by atoms with Crippen LogP contribution in [0.4, 0.5) is 26.2 Å². The van der Waals surface area contributed by atoms with E-state index in [0.29, 0.717) is 36.3 Å². The summed E-state index contributed by atoms with van der Waals surface area (Å²) in [6.07, 6.45) is 4.58. The van der Waals surface area contributed by atoms with Gasteiger partial charge in [-0.15, -0.1) is 0 Å². The van der Waals surface area contributed by atoms with Crippen LogP contribution in [0.1, 0.15) is 41.8 Å². The second-order valence-corrected chi connectivity index (χ2v) is 8.51. The summed E-state index contributed by atoms with van der Waals surface area (Å²) in [6, 6.07) is 2.76. The van der Waals surface area contributed by atoms with Crippen molar-refractivity contribution in [3.63, 3.8) is 0 Å². The number of aromatic nitrogens is 5. The minimum absolute atomic E-state index is 0.00590. The Balaban J connectivity index is 1.25. The Morgan fingerprint density at radius 3 is 2.73 bits per heavy atom. The van der Waals surface area contributed by atoms with Crippen LogP contribution in [0.15, 0.2) is 30.7 Å². The molecule has 1 aliphatic carbocycles. The lowest BCUT2D eigenvalue weighted by Crippen LogP contribution is -2.48. The lowest BCUT2D eigenvalue weighted by molar-refractivity contribution is -0.118. The summed E-state index contributed by atoms with van der Waals surface area (Å²) in [5, 5.41) is 10.5.